The SMILES string of the molecule is COCCNC(=O)C(=O)NCC(c1ccc2c(c1)CCCN2C)N1CCN(C)CC1. The minimum atomic E-state index is -0.615. The number of carbonyl (C=O) groups excluding carboxylic acids is 2. The van der Waals surface area contributed by atoms with Gasteiger partial charge in [-0.3, -0.25) is 14.5 Å². The highest BCUT2D eigenvalue weighted by Gasteiger charge is 2.26. The van der Waals surface area contributed by atoms with Crippen molar-refractivity contribution in [2.45, 2.75) is 18.9 Å². The van der Waals surface area contributed by atoms with E-state index in [9.17, 15) is 9.59 Å². The number of amides is 2. The molecule has 1 saturated heterocycles. The number of nitrogens with zero attached hydrogens (tertiary/aromatic N) is 3. The Morgan fingerprint density at radius 2 is 1.80 bits per heavy atom. The van der Waals surface area contributed by atoms with Crippen LogP contribution in [0, 0.1) is 0 Å². The second-order valence-electron chi connectivity index (χ2n) is 8.23. The van der Waals surface area contributed by atoms with Gasteiger partial charge in [0.05, 0.1) is 12.6 Å². The van der Waals surface area contributed by atoms with E-state index in [1.165, 1.54) is 16.8 Å². The van der Waals surface area contributed by atoms with Crippen LogP contribution in [0.25, 0.3) is 0 Å². The Balaban J connectivity index is 1.71. The summed E-state index contributed by atoms with van der Waals surface area (Å²) in [7, 11) is 5.83. The third-order valence-corrected chi connectivity index (χ3v) is 6.07. The van der Waals surface area contributed by atoms with Crippen LogP contribution < -0.4 is 15.5 Å². The summed E-state index contributed by atoms with van der Waals surface area (Å²) in [5.74, 6) is -1.21. The van der Waals surface area contributed by atoms with E-state index in [0.717, 1.165) is 45.6 Å². The van der Waals surface area contributed by atoms with Crippen LogP contribution in [0.3, 0.4) is 0 Å². The van der Waals surface area contributed by atoms with Crippen LogP contribution >= 0.6 is 0 Å². The average Bonchev–Trinajstić information content (AvgIpc) is 2.75. The van der Waals surface area contributed by atoms with Gasteiger partial charge >= 0.3 is 11.8 Å². The minimum absolute atomic E-state index is 0.0481. The first-order valence-corrected chi connectivity index (χ1v) is 10.8. The molecule has 0 aliphatic carbocycles. The van der Waals surface area contributed by atoms with Gasteiger partial charge in [0, 0.05) is 65.7 Å². The molecule has 30 heavy (non-hydrogen) atoms. The number of benzene rings is 1. The van der Waals surface area contributed by atoms with Crippen LogP contribution in [0.1, 0.15) is 23.6 Å². The van der Waals surface area contributed by atoms with Gasteiger partial charge in [-0.1, -0.05) is 12.1 Å². The Kier molecular flexibility index (Phi) is 8.07. The molecule has 166 valence electrons. The second-order valence-corrected chi connectivity index (χ2v) is 8.23. The number of rotatable bonds is 7. The molecule has 1 unspecified atom stereocenters. The van der Waals surface area contributed by atoms with Crippen LogP contribution in [0.5, 0.6) is 0 Å². The number of fused-ring (bicyclic) bond motifs is 1. The van der Waals surface area contributed by atoms with Gasteiger partial charge in [0.2, 0.25) is 0 Å². The number of aryl methyl sites for hydroxylation is 1. The van der Waals surface area contributed by atoms with Crippen molar-refractivity contribution in [2.75, 3.05) is 78.5 Å². The summed E-state index contributed by atoms with van der Waals surface area (Å²) in [6.07, 6.45) is 2.24. The zero-order valence-corrected chi connectivity index (χ0v) is 18.4. The molecule has 0 bridgehead atoms. The first-order chi connectivity index (χ1) is 14.5. The fraction of sp³-hybridized carbons (Fsp3) is 0.636. The van der Waals surface area contributed by atoms with Crippen LogP contribution in [-0.2, 0) is 20.7 Å². The Morgan fingerprint density at radius 3 is 2.53 bits per heavy atom. The van der Waals surface area contributed by atoms with Gasteiger partial charge in [0.1, 0.15) is 0 Å². The maximum atomic E-state index is 12.3. The molecule has 2 N–H and O–H groups in total. The first kappa shape index (κ1) is 22.5. The molecular formula is C22H35N5O3. The molecule has 0 spiro atoms. The summed E-state index contributed by atoms with van der Waals surface area (Å²) in [5.41, 5.74) is 3.86. The number of hydrogen-bond acceptors (Lipinski definition) is 6. The molecule has 0 aromatic heterocycles. The summed E-state index contributed by atoms with van der Waals surface area (Å²) in [4.78, 5) is 31.3. The van der Waals surface area contributed by atoms with Crippen LogP contribution in [0.15, 0.2) is 18.2 Å². The normalized spacial score (nSPS) is 18.6. The largest absolute Gasteiger partial charge is 0.383 e. The van der Waals surface area contributed by atoms with Crippen LogP contribution in [0.2, 0.25) is 0 Å². The fourth-order valence-corrected chi connectivity index (χ4v) is 4.22. The lowest BCUT2D eigenvalue weighted by atomic mass is 9.95. The molecule has 3 rings (SSSR count). The number of nitrogens with one attached hydrogen (secondary N) is 2. The van der Waals surface area contributed by atoms with Gasteiger partial charge in [-0.05, 0) is 37.1 Å². The topological polar surface area (TPSA) is 77.1 Å². The van der Waals surface area contributed by atoms with Crippen molar-refractivity contribution in [3.8, 4) is 0 Å². The monoisotopic (exact) mass is 417 g/mol. The van der Waals surface area contributed by atoms with Gasteiger partial charge in [0.25, 0.3) is 0 Å². The predicted molar refractivity (Wildman–Crippen MR) is 118 cm³/mol. The number of carbonyl (C=O) groups is 2. The first-order valence-electron chi connectivity index (χ1n) is 10.8. The molecule has 1 aromatic rings. The molecule has 1 aromatic carbocycles. The zero-order chi connectivity index (χ0) is 21.5. The molecule has 8 nitrogen and oxygen atoms in total. The van der Waals surface area contributed by atoms with Gasteiger partial charge in [-0.15, -0.1) is 0 Å². The van der Waals surface area contributed by atoms with E-state index in [-0.39, 0.29) is 6.04 Å². The molecule has 2 aliphatic rings. The third-order valence-electron chi connectivity index (χ3n) is 6.07. The lowest BCUT2D eigenvalue weighted by Crippen LogP contribution is -2.50. The Morgan fingerprint density at radius 1 is 1.07 bits per heavy atom. The Bertz CT molecular complexity index is 733. The molecule has 2 aliphatic heterocycles. The standard InChI is InChI=1S/C22H35N5O3/c1-25-10-12-27(13-11-25)20(16-24-22(29)21(28)23-8-14-30-3)18-6-7-19-17(15-18)5-4-9-26(19)2/h6-7,15,20H,4-5,8-14,16H2,1-3H3,(H,23,28)(H,24,29). The summed E-state index contributed by atoms with van der Waals surface area (Å²) in [6, 6.07) is 6.71. The predicted octanol–water partition coefficient (Wildman–Crippen LogP) is 0.236. The maximum absolute atomic E-state index is 12.3. The van der Waals surface area contributed by atoms with Crippen molar-refractivity contribution >= 4 is 17.5 Å². The minimum Gasteiger partial charge on any atom is -0.383 e. The fourth-order valence-electron chi connectivity index (χ4n) is 4.22. The molecule has 0 radical (unpaired) electrons. The van der Waals surface area contributed by atoms with Gasteiger partial charge in [-0.25, -0.2) is 0 Å². The molecule has 1 fully saturated rings. The van der Waals surface area contributed by atoms with E-state index >= 15 is 0 Å². The number of anilines is 1. The van der Waals surface area contributed by atoms with Crippen molar-refractivity contribution in [3.05, 3.63) is 29.3 Å². The van der Waals surface area contributed by atoms with E-state index in [4.69, 9.17) is 4.74 Å². The Labute approximate surface area is 179 Å². The van der Waals surface area contributed by atoms with Crippen LogP contribution in [0.4, 0.5) is 5.69 Å². The van der Waals surface area contributed by atoms with Crippen molar-refractivity contribution in [3.63, 3.8) is 0 Å². The summed E-state index contributed by atoms with van der Waals surface area (Å²) >= 11 is 0. The third kappa shape index (κ3) is 5.71. The number of hydrogen-bond donors (Lipinski definition) is 2. The van der Waals surface area contributed by atoms with E-state index < -0.39 is 11.8 Å². The molecular weight excluding hydrogens is 382 g/mol. The Hall–Kier alpha value is -2.16. The van der Waals surface area contributed by atoms with Gasteiger partial charge in [0.15, 0.2) is 0 Å². The van der Waals surface area contributed by atoms with Gasteiger partial charge in [-0.2, -0.15) is 0 Å². The lowest BCUT2D eigenvalue weighted by molar-refractivity contribution is -0.139. The molecule has 1 atom stereocenters. The zero-order valence-electron chi connectivity index (χ0n) is 18.4. The molecule has 0 saturated carbocycles. The van der Waals surface area contributed by atoms with Crippen LogP contribution in [-0.4, -0.2) is 95.2 Å². The van der Waals surface area contributed by atoms with Gasteiger partial charge < -0.3 is 25.2 Å². The summed E-state index contributed by atoms with van der Waals surface area (Å²) in [6.45, 7) is 6.07. The maximum Gasteiger partial charge on any atom is 0.309 e. The number of piperazine rings is 1. The second kappa shape index (κ2) is 10.7. The quantitative estimate of drug-likeness (QED) is 0.489. The highest BCUT2D eigenvalue weighted by atomic mass is 16.5. The van der Waals surface area contributed by atoms with Crippen molar-refractivity contribution in [1.29, 1.82) is 0 Å². The summed E-state index contributed by atoms with van der Waals surface area (Å²) in [5, 5.41) is 5.42. The van der Waals surface area contributed by atoms with Crippen molar-refractivity contribution < 1.29 is 14.3 Å². The van der Waals surface area contributed by atoms with Crippen molar-refractivity contribution in [1.82, 2.24) is 20.4 Å². The summed E-state index contributed by atoms with van der Waals surface area (Å²) < 4.78 is 4.91. The van der Waals surface area contributed by atoms with Crippen molar-refractivity contribution in [2.24, 2.45) is 0 Å². The van der Waals surface area contributed by atoms with E-state index in [1.54, 1.807) is 7.11 Å². The molecule has 2 amide bonds. The molecule has 2 heterocycles. The van der Waals surface area contributed by atoms with E-state index in [2.05, 4.69) is 57.6 Å². The number of likely N-dealkylation sites (N-methyl/N-ethyl adjacent to an activating group) is 1. The smallest absolute Gasteiger partial charge is 0.309 e. The average molecular weight is 418 g/mol. The highest BCUT2D eigenvalue weighted by Crippen LogP contribution is 2.31. The lowest BCUT2D eigenvalue weighted by Gasteiger charge is -2.39. The highest BCUT2D eigenvalue weighted by molar-refractivity contribution is 6.35. The van der Waals surface area contributed by atoms with E-state index in [1.807, 2.05) is 0 Å². The number of methoxy groups -OCH3 is 1. The van der Waals surface area contributed by atoms with E-state index in [0.29, 0.717) is 19.7 Å². The number of ether oxygens (including phenoxy) is 1. The molecule has 8 heteroatoms.